The Bertz CT molecular complexity index is 1090. The summed E-state index contributed by atoms with van der Waals surface area (Å²) in [6, 6.07) is 0. The van der Waals surface area contributed by atoms with E-state index in [9.17, 15) is 14.4 Å². The van der Waals surface area contributed by atoms with Gasteiger partial charge >= 0.3 is 17.9 Å². The number of carbonyl (C=O) groups is 3. The van der Waals surface area contributed by atoms with Gasteiger partial charge in [0.1, 0.15) is 13.2 Å². The van der Waals surface area contributed by atoms with Crippen molar-refractivity contribution >= 4 is 17.9 Å². The monoisotopic (exact) mass is 913 g/mol. The Balaban J connectivity index is 4.36. The highest BCUT2D eigenvalue weighted by Gasteiger charge is 2.19. The lowest BCUT2D eigenvalue weighted by molar-refractivity contribution is -0.167. The van der Waals surface area contributed by atoms with Gasteiger partial charge in [-0.2, -0.15) is 0 Å². The van der Waals surface area contributed by atoms with Crippen LogP contribution in [0.1, 0.15) is 303 Å². The first-order valence-corrected chi connectivity index (χ1v) is 28.5. The Morgan fingerprint density at radius 2 is 0.508 bits per heavy atom. The molecule has 0 aromatic heterocycles. The van der Waals surface area contributed by atoms with Crippen LogP contribution in [-0.4, -0.2) is 37.2 Å². The van der Waals surface area contributed by atoms with Gasteiger partial charge in [0, 0.05) is 19.3 Å². The fourth-order valence-corrected chi connectivity index (χ4v) is 8.25. The van der Waals surface area contributed by atoms with Crippen molar-refractivity contribution in [2.45, 2.75) is 309 Å². The molecule has 0 aliphatic carbocycles. The van der Waals surface area contributed by atoms with Crippen LogP contribution in [0.25, 0.3) is 0 Å². The molecule has 1 unspecified atom stereocenters. The molecule has 0 amide bonds. The average molecular weight is 914 g/mol. The van der Waals surface area contributed by atoms with Crippen LogP contribution in [0.3, 0.4) is 0 Å². The summed E-state index contributed by atoms with van der Waals surface area (Å²) in [6.07, 6.45) is 64.1. The van der Waals surface area contributed by atoms with Crippen LogP contribution < -0.4 is 0 Å². The Morgan fingerprint density at radius 3 is 0.785 bits per heavy atom. The molecule has 0 N–H and O–H groups in total. The molecule has 0 heterocycles. The van der Waals surface area contributed by atoms with Crippen molar-refractivity contribution in [1.29, 1.82) is 0 Å². The van der Waals surface area contributed by atoms with Gasteiger partial charge in [-0.1, -0.05) is 224 Å². The Hall–Kier alpha value is -2.37. The number of esters is 3. The second-order valence-corrected chi connectivity index (χ2v) is 19.2. The van der Waals surface area contributed by atoms with Gasteiger partial charge in [-0.25, -0.2) is 0 Å². The summed E-state index contributed by atoms with van der Waals surface area (Å²) in [5.74, 6) is -0.886. The first kappa shape index (κ1) is 62.6. The van der Waals surface area contributed by atoms with Gasteiger partial charge in [0.15, 0.2) is 6.10 Å². The maximum atomic E-state index is 12.8. The van der Waals surface area contributed by atoms with Crippen LogP contribution in [0.2, 0.25) is 0 Å². The summed E-state index contributed by atoms with van der Waals surface area (Å²) >= 11 is 0. The largest absolute Gasteiger partial charge is 0.462 e. The molecule has 0 aliphatic rings. The predicted octanol–water partition coefficient (Wildman–Crippen LogP) is 18.9. The Kier molecular flexibility index (Phi) is 52.3. The number of hydrogen-bond donors (Lipinski definition) is 0. The van der Waals surface area contributed by atoms with E-state index in [1.807, 2.05) is 0 Å². The minimum absolute atomic E-state index is 0.0784. The number of ether oxygens (including phenoxy) is 3. The molecule has 0 aromatic rings. The van der Waals surface area contributed by atoms with Gasteiger partial charge in [0.05, 0.1) is 0 Å². The Morgan fingerprint density at radius 1 is 0.292 bits per heavy atom. The zero-order valence-corrected chi connectivity index (χ0v) is 43.5. The van der Waals surface area contributed by atoms with Gasteiger partial charge in [0.2, 0.25) is 0 Å². The third-order valence-corrected chi connectivity index (χ3v) is 12.6. The third kappa shape index (κ3) is 52.5. The number of carbonyl (C=O) groups excluding carboxylic acids is 3. The normalized spacial score (nSPS) is 12.2. The number of hydrogen-bond acceptors (Lipinski definition) is 6. The van der Waals surface area contributed by atoms with E-state index in [0.717, 1.165) is 70.6 Å². The van der Waals surface area contributed by atoms with E-state index in [4.69, 9.17) is 14.2 Å². The van der Waals surface area contributed by atoms with Crippen LogP contribution in [0.15, 0.2) is 36.5 Å². The van der Waals surface area contributed by atoms with Gasteiger partial charge < -0.3 is 14.2 Å². The standard InChI is InChI=1S/C59H108O6/c1-4-7-10-13-16-19-22-25-27-29-30-32-34-37-40-43-46-49-52-58(61)64-55-56(54-63-57(60)51-48-45-42-39-36-33-24-21-18-15-12-9-6-3)65-59(62)53-50-47-44-41-38-35-31-28-26-23-20-17-14-11-8-5-2/h21,24,27-29,31,56H,4-20,22-23,25-26,30,32-55H2,1-3H3/b24-21-,29-27-,31-28-. The average Bonchev–Trinajstić information content (AvgIpc) is 3.30. The van der Waals surface area contributed by atoms with Gasteiger partial charge in [-0.3, -0.25) is 14.4 Å². The molecular formula is C59H108O6. The van der Waals surface area contributed by atoms with E-state index < -0.39 is 6.10 Å². The van der Waals surface area contributed by atoms with Crippen LogP contribution in [-0.2, 0) is 28.6 Å². The quantitative estimate of drug-likeness (QED) is 0.0262. The van der Waals surface area contributed by atoms with E-state index in [1.165, 1.54) is 193 Å². The number of rotatable bonds is 52. The molecule has 380 valence electrons. The molecule has 0 saturated carbocycles. The van der Waals surface area contributed by atoms with Crippen LogP contribution >= 0.6 is 0 Å². The van der Waals surface area contributed by atoms with Crippen LogP contribution in [0.4, 0.5) is 0 Å². The molecule has 0 aromatic carbocycles. The summed E-state index contributed by atoms with van der Waals surface area (Å²) in [5, 5.41) is 0. The topological polar surface area (TPSA) is 78.9 Å². The first-order valence-electron chi connectivity index (χ1n) is 28.5. The summed E-state index contributed by atoms with van der Waals surface area (Å²) in [6.45, 7) is 6.63. The summed E-state index contributed by atoms with van der Waals surface area (Å²) in [7, 11) is 0. The summed E-state index contributed by atoms with van der Waals surface area (Å²) < 4.78 is 16.8. The first-order chi connectivity index (χ1) is 32.0. The highest BCUT2D eigenvalue weighted by molar-refractivity contribution is 5.71. The molecule has 0 rings (SSSR count). The van der Waals surface area contributed by atoms with Crippen molar-refractivity contribution in [3.05, 3.63) is 36.5 Å². The minimum atomic E-state index is -0.780. The smallest absolute Gasteiger partial charge is 0.306 e. The van der Waals surface area contributed by atoms with Crippen LogP contribution in [0.5, 0.6) is 0 Å². The van der Waals surface area contributed by atoms with E-state index in [2.05, 4.69) is 57.2 Å². The van der Waals surface area contributed by atoms with Crippen molar-refractivity contribution < 1.29 is 28.6 Å². The van der Waals surface area contributed by atoms with E-state index in [0.29, 0.717) is 19.3 Å². The zero-order valence-electron chi connectivity index (χ0n) is 43.5. The maximum absolute atomic E-state index is 12.8. The summed E-state index contributed by atoms with van der Waals surface area (Å²) in [5.41, 5.74) is 0. The van der Waals surface area contributed by atoms with Crippen molar-refractivity contribution in [3.63, 3.8) is 0 Å². The highest BCUT2D eigenvalue weighted by Crippen LogP contribution is 2.15. The molecule has 0 radical (unpaired) electrons. The lowest BCUT2D eigenvalue weighted by atomic mass is 10.1. The molecule has 1 atom stereocenters. The molecule has 0 fully saturated rings. The lowest BCUT2D eigenvalue weighted by Gasteiger charge is -2.18. The van der Waals surface area contributed by atoms with E-state index >= 15 is 0 Å². The molecule has 6 heteroatoms. The zero-order chi connectivity index (χ0) is 47.2. The Labute approximate surface area is 404 Å². The van der Waals surface area contributed by atoms with Crippen LogP contribution in [0, 0.1) is 0 Å². The number of allylic oxidation sites excluding steroid dienone is 6. The maximum Gasteiger partial charge on any atom is 0.306 e. The molecule has 65 heavy (non-hydrogen) atoms. The molecule has 6 nitrogen and oxygen atoms in total. The fourth-order valence-electron chi connectivity index (χ4n) is 8.25. The summed E-state index contributed by atoms with van der Waals surface area (Å²) in [4.78, 5) is 38.1. The van der Waals surface area contributed by atoms with E-state index in [1.54, 1.807) is 0 Å². The molecule has 0 spiro atoms. The van der Waals surface area contributed by atoms with Crippen molar-refractivity contribution in [1.82, 2.24) is 0 Å². The highest BCUT2D eigenvalue weighted by atomic mass is 16.6. The van der Waals surface area contributed by atoms with Crippen molar-refractivity contribution in [2.24, 2.45) is 0 Å². The second kappa shape index (κ2) is 54.2. The molecular weight excluding hydrogens is 805 g/mol. The minimum Gasteiger partial charge on any atom is -0.462 e. The molecule has 0 bridgehead atoms. The van der Waals surface area contributed by atoms with Gasteiger partial charge in [-0.05, 0) is 96.3 Å². The third-order valence-electron chi connectivity index (χ3n) is 12.6. The van der Waals surface area contributed by atoms with Gasteiger partial charge in [0.25, 0.3) is 0 Å². The van der Waals surface area contributed by atoms with Gasteiger partial charge in [-0.15, -0.1) is 0 Å². The SMILES string of the molecule is CCCCCC/C=C\CCCCCCCC(=O)OCC(COC(=O)CCCCCCCCC/C=C\CCCCCCCCC)OC(=O)CCCCCCC/C=C\CCCCCCCCC. The van der Waals surface area contributed by atoms with Crippen molar-refractivity contribution in [3.8, 4) is 0 Å². The van der Waals surface area contributed by atoms with E-state index in [-0.39, 0.29) is 31.1 Å². The predicted molar refractivity (Wildman–Crippen MR) is 279 cm³/mol. The lowest BCUT2D eigenvalue weighted by Crippen LogP contribution is -2.30. The molecule has 0 saturated heterocycles. The molecule has 0 aliphatic heterocycles. The van der Waals surface area contributed by atoms with Crippen molar-refractivity contribution in [2.75, 3.05) is 13.2 Å². The number of unbranched alkanes of at least 4 members (excludes halogenated alkanes) is 35. The second-order valence-electron chi connectivity index (χ2n) is 19.2. The fraction of sp³-hybridized carbons (Fsp3) is 0.847.